The fourth-order valence-corrected chi connectivity index (χ4v) is 3.41. The van der Waals surface area contributed by atoms with Crippen LogP contribution in [0.1, 0.15) is 20.7 Å². The third-order valence-corrected chi connectivity index (χ3v) is 5.16. The molecule has 4 aromatic rings. The second kappa shape index (κ2) is 8.60. The van der Waals surface area contributed by atoms with Crippen molar-refractivity contribution < 1.29 is 24.9 Å². The van der Waals surface area contributed by atoms with Gasteiger partial charge in [0.25, 0.3) is 11.8 Å². The van der Waals surface area contributed by atoms with Gasteiger partial charge in [-0.1, -0.05) is 28.8 Å². The predicted molar refractivity (Wildman–Crippen MR) is 117 cm³/mol. The molecule has 0 fully saturated rings. The van der Waals surface area contributed by atoms with Crippen LogP contribution in [0.2, 0.25) is 5.02 Å². The van der Waals surface area contributed by atoms with Crippen LogP contribution < -0.4 is 0 Å². The van der Waals surface area contributed by atoms with Gasteiger partial charge in [-0.2, -0.15) is 0 Å². The van der Waals surface area contributed by atoms with Crippen LogP contribution in [0.4, 0.5) is 0 Å². The summed E-state index contributed by atoms with van der Waals surface area (Å²) in [6, 6.07) is 11.2. The predicted octanol–water partition coefficient (Wildman–Crippen LogP) is 3.01. The van der Waals surface area contributed by atoms with Crippen LogP contribution in [-0.4, -0.2) is 58.8 Å². The van der Waals surface area contributed by atoms with E-state index >= 15 is 0 Å². The smallest absolute Gasteiger partial charge is 0.319 e. The average Bonchev–Trinajstić information content (AvgIpc) is 3.19. The topological polar surface area (TPSA) is 142 Å². The van der Waals surface area contributed by atoms with Crippen molar-refractivity contribution in [2.24, 2.45) is 0 Å². The highest BCUT2D eigenvalue weighted by atomic mass is 35.5. The van der Waals surface area contributed by atoms with Gasteiger partial charge in [0.15, 0.2) is 5.82 Å². The molecule has 4 rings (SSSR count). The molecule has 0 radical (unpaired) electrons. The molecule has 0 aliphatic heterocycles. The zero-order valence-corrected chi connectivity index (χ0v) is 17.8. The Morgan fingerprint density at radius 2 is 1.73 bits per heavy atom. The number of hydrogen-bond acceptors (Lipinski definition) is 8. The number of phenols is 2. The lowest BCUT2D eigenvalue weighted by atomic mass is 10.1. The summed E-state index contributed by atoms with van der Waals surface area (Å²) in [7, 11) is 1.25. The summed E-state index contributed by atoms with van der Waals surface area (Å²) in [5, 5.41) is 38.8. The molecule has 0 bridgehead atoms. The highest BCUT2D eigenvalue weighted by Gasteiger charge is 2.27. The highest BCUT2D eigenvalue weighted by Crippen LogP contribution is 2.38. The standard InChI is InChI=1S/C22H16ClN5O5/c1-27(20(31)12-5-4-8-24-11-12)21(32)14-9-13(17(29)10-18(14)30)19-25-26-22(33)28(19)16-7-3-2-6-15(16)23/h2-11,29-30H,1H3,(H,26,33). The number of imide groups is 1. The Bertz CT molecular complexity index is 1370. The number of hydrogen-bond donors (Lipinski definition) is 3. The van der Waals surface area contributed by atoms with Crippen molar-refractivity contribution in [1.82, 2.24) is 24.6 Å². The fraction of sp³-hybridized carbons (Fsp3) is 0.0455. The van der Waals surface area contributed by atoms with Crippen LogP contribution in [0, 0.1) is 0 Å². The number of amides is 2. The first-order chi connectivity index (χ1) is 15.8. The van der Waals surface area contributed by atoms with Crippen molar-refractivity contribution in [2.75, 3.05) is 7.05 Å². The first-order valence-corrected chi connectivity index (χ1v) is 9.85. The van der Waals surface area contributed by atoms with E-state index in [9.17, 15) is 24.9 Å². The summed E-state index contributed by atoms with van der Waals surface area (Å²) in [6.45, 7) is 0. The Morgan fingerprint density at radius 1 is 0.970 bits per heavy atom. The van der Waals surface area contributed by atoms with E-state index in [-0.39, 0.29) is 27.5 Å². The number of para-hydroxylation sites is 1. The maximum atomic E-state index is 13.0. The molecule has 0 saturated carbocycles. The van der Waals surface area contributed by atoms with E-state index in [0.29, 0.717) is 5.69 Å². The molecule has 10 nitrogen and oxygen atoms in total. The first-order valence-electron chi connectivity index (χ1n) is 9.47. The molecule has 3 N–H and O–H groups in total. The van der Waals surface area contributed by atoms with Crippen LogP contribution in [0.5, 0.6) is 17.5 Å². The maximum Gasteiger partial charge on any atom is 0.319 e. The number of phenolic OH excluding ortho intramolecular Hbond substituents is 2. The normalized spacial score (nSPS) is 10.7. The quantitative estimate of drug-likeness (QED) is 0.390. The van der Waals surface area contributed by atoms with Gasteiger partial charge in [0.2, 0.25) is 0 Å². The van der Waals surface area contributed by atoms with E-state index in [2.05, 4.69) is 15.2 Å². The number of aromatic hydroxyl groups is 3. The van der Waals surface area contributed by atoms with E-state index < -0.39 is 29.3 Å². The summed E-state index contributed by atoms with van der Waals surface area (Å²) < 4.78 is 1.17. The Kier molecular flexibility index (Phi) is 5.67. The van der Waals surface area contributed by atoms with Gasteiger partial charge in [0.1, 0.15) is 11.5 Å². The molecule has 33 heavy (non-hydrogen) atoms. The van der Waals surface area contributed by atoms with Gasteiger partial charge in [0.05, 0.1) is 27.4 Å². The van der Waals surface area contributed by atoms with E-state index in [4.69, 9.17) is 11.6 Å². The fourth-order valence-electron chi connectivity index (χ4n) is 3.19. The summed E-state index contributed by atoms with van der Waals surface area (Å²) in [5.41, 5.74) is 0.179. The Balaban J connectivity index is 1.79. The molecule has 166 valence electrons. The minimum absolute atomic E-state index is 0.0360. The van der Waals surface area contributed by atoms with Crippen molar-refractivity contribution in [3.63, 3.8) is 0 Å². The molecule has 2 aromatic carbocycles. The second-order valence-corrected chi connectivity index (χ2v) is 7.32. The first kappa shape index (κ1) is 21.8. The zero-order valence-electron chi connectivity index (χ0n) is 17.0. The summed E-state index contributed by atoms with van der Waals surface area (Å²) >= 11 is 6.24. The lowest BCUT2D eigenvalue weighted by Gasteiger charge is -2.17. The number of halogens is 1. The third-order valence-electron chi connectivity index (χ3n) is 4.84. The second-order valence-electron chi connectivity index (χ2n) is 6.91. The van der Waals surface area contributed by atoms with Crippen LogP contribution in [0.3, 0.4) is 0 Å². The summed E-state index contributed by atoms with van der Waals surface area (Å²) in [6.07, 6.45) is 2.80. The highest BCUT2D eigenvalue weighted by molar-refractivity contribution is 6.32. The molecular weight excluding hydrogens is 450 g/mol. The minimum atomic E-state index is -0.837. The van der Waals surface area contributed by atoms with Crippen LogP contribution in [-0.2, 0) is 0 Å². The van der Waals surface area contributed by atoms with E-state index in [1.165, 1.54) is 30.1 Å². The van der Waals surface area contributed by atoms with Crippen LogP contribution >= 0.6 is 11.6 Å². The molecule has 0 saturated heterocycles. The van der Waals surface area contributed by atoms with Crippen molar-refractivity contribution in [1.29, 1.82) is 0 Å². The molecule has 0 atom stereocenters. The Hall–Kier alpha value is -4.44. The van der Waals surface area contributed by atoms with E-state index in [1.807, 2.05) is 0 Å². The number of aromatic nitrogens is 4. The minimum Gasteiger partial charge on any atom is -0.507 e. The number of nitrogens with zero attached hydrogens (tertiary/aromatic N) is 5. The molecule has 0 unspecified atom stereocenters. The van der Waals surface area contributed by atoms with Crippen LogP contribution in [0.15, 0.2) is 60.9 Å². The van der Waals surface area contributed by atoms with Gasteiger partial charge in [-0.05, 0) is 30.3 Å². The molecule has 11 heteroatoms. The van der Waals surface area contributed by atoms with Gasteiger partial charge in [-0.15, -0.1) is 5.10 Å². The number of carbonyl (C=O) groups is 2. The number of carbonyl (C=O) groups excluding carboxylic acids is 2. The van der Waals surface area contributed by atoms with Gasteiger partial charge in [-0.25, -0.2) is 4.57 Å². The molecule has 2 aromatic heterocycles. The van der Waals surface area contributed by atoms with Gasteiger partial charge < -0.3 is 15.3 Å². The molecule has 2 amide bonds. The maximum absolute atomic E-state index is 13.0. The van der Waals surface area contributed by atoms with Gasteiger partial charge in [0, 0.05) is 25.5 Å². The monoisotopic (exact) mass is 465 g/mol. The Morgan fingerprint density at radius 3 is 2.42 bits per heavy atom. The van der Waals surface area contributed by atoms with Crippen molar-refractivity contribution in [2.45, 2.75) is 0 Å². The molecule has 0 spiro atoms. The largest absolute Gasteiger partial charge is 0.507 e. The van der Waals surface area contributed by atoms with Crippen molar-refractivity contribution in [3.05, 3.63) is 77.1 Å². The third kappa shape index (κ3) is 3.94. The van der Waals surface area contributed by atoms with E-state index in [1.54, 1.807) is 30.3 Å². The number of rotatable bonds is 4. The van der Waals surface area contributed by atoms with Gasteiger partial charge in [-0.3, -0.25) is 19.5 Å². The molecule has 0 aliphatic rings. The van der Waals surface area contributed by atoms with Crippen molar-refractivity contribution >= 4 is 23.4 Å². The number of benzene rings is 2. The summed E-state index contributed by atoms with van der Waals surface area (Å²) in [4.78, 5) is 30.3. The van der Waals surface area contributed by atoms with E-state index in [0.717, 1.165) is 17.0 Å². The molecular formula is C22H16ClN5O5. The SMILES string of the molecule is CN(C(=O)c1cccnc1)C(=O)c1cc(-c2nnc(O)n2-c2ccccc2Cl)c(O)cc1O. The molecule has 0 aliphatic carbocycles. The lowest BCUT2D eigenvalue weighted by Crippen LogP contribution is -2.33. The average molecular weight is 466 g/mol. The summed E-state index contributed by atoms with van der Waals surface area (Å²) in [5.74, 6) is -2.52. The lowest BCUT2D eigenvalue weighted by molar-refractivity contribution is 0.0654. The zero-order chi connectivity index (χ0) is 23.7. The van der Waals surface area contributed by atoms with Gasteiger partial charge >= 0.3 is 6.01 Å². The Labute approximate surface area is 192 Å². The molecule has 2 heterocycles. The van der Waals surface area contributed by atoms with Crippen molar-refractivity contribution in [3.8, 4) is 34.6 Å². The number of pyridine rings is 1. The van der Waals surface area contributed by atoms with Crippen LogP contribution in [0.25, 0.3) is 17.1 Å².